The Morgan fingerprint density at radius 2 is 1.29 bits per heavy atom. The number of rotatable bonds is 12. The molecule has 0 aromatic heterocycles. The average Bonchev–Trinajstić information content (AvgIpc) is 2.76. The Morgan fingerprint density at radius 3 is 2.07 bits per heavy atom. The maximum atomic E-state index is 5.99. The molecule has 3 nitrogen and oxygen atoms in total. The fourth-order valence-corrected chi connectivity index (χ4v) is 3.76. The van der Waals surface area contributed by atoms with Crippen molar-refractivity contribution in [2.75, 3.05) is 26.2 Å². The zero-order valence-electron chi connectivity index (χ0n) is 17.2. The lowest BCUT2D eigenvalue weighted by Gasteiger charge is -2.26. The van der Waals surface area contributed by atoms with Gasteiger partial charge in [0, 0.05) is 0 Å². The Bertz CT molecular complexity index is 653. The number of ether oxygens (including phenoxy) is 2. The Morgan fingerprint density at radius 1 is 0.643 bits per heavy atom. The summed E-state index contributed by atoms with van der Waals surface area (Å²) in [7, 11) is 0. The molecule has 2 aromatic carbocycles. The first-order valence-electron chi connectivity index (χ1n) is 11.0. The van der Waals surface area contributed by atoms with E-state index in [9.17, 15) is 0 Å². The number of likely N-dealkylation sites (tertiary alicyclic amines) is 1. The third kappa shape index (κ3) is 7.55. The van der Waals surface area contributed by atoms with E-state index in [0.717, 1.165) is 24.5 Å². The van der Waals surface area contributed by atoms with E-state index in [0.29, 0.717) is 6.61 Å². The van der Waals surface area contributed by atoms with E-state index in [1.165, 1.54) is 70.1 Å². The summed E-state index contributed by atoms with van der Waals surface area (Å²) in [5.74, 6) is 1.68. The van der Waals surface area contributed by atoms with Gasteiger partial charge in [0.1, 0.15) is 6.61 Å². The molecule has 0 N–H and O–H groups in total. The van der Waals surface area contributed by atoms with Gasteiger partial charge < -0.3 is 14.4 Å². The second-order valence-electron chi connectivity index (χ2n) is 7.74. The van der Waals surface area contributed by atoms with Gasteiger partial charge in [-0.3, -0.25) is 0 Å². The maximum absolute atomic E-state index is 5.99. The molecular formula is C25H35NO2. The summed E-state index contributed by atoms with van der Waals surface area (Å²) in [6.45, 7) is 5.26. The van der Waals surface area contributed by atoms with E-state index in [4.69, 9.17) is 9.47 Å². The molecule has 1 heterocycles. The molecule has 1 saturated heterocycles. The smallest absolute Gasteiger partial charge is 0.161 e. The maximum Gasteiger partial charge on any atom is 0.161 e. The predicted molar refractivity (Wildman–Crippen MR) is 116 cm³/mol. The molecule has 28 heavy (non-hydrogen) atoms. The lowest BCUT2D eigenvalue weighted by Crippen LogP contribution is -2.30. The topological polar surface area (TPSA) is 21.7 Å². The Balaban J connectivity index is 1.27. The summed E-state index contributed by atoms with van der Waals surface area (Å²) in [4.78, 5) is 2.64. The van der Waals surface area contributed by atoms with Crippen LogP contribution in [-0.2, 0) is 6.61 Å². The SMILES string of the molecule is c1ccc(COc2ccccc2OCCCCCCCN2CCCCC2)cc1. The van der Waals surface area contributed by atoms with Gasteiger partial charge in [-0.1, -0.05) is 68.1 Å². The van der Waals surface area contributed by atoms with Crippen LogP contribution in [0.4, 0.5) is 0 Å². The van der Waals surface area contributed by atoms with Gasteiger partial charge in [0.05, 0.1) is 6.61 Å². The Hall–Kier alpha value is -2.00. The highest BCUT2D eigenvalue weighted by atomic mass is 16.5. The Kier molecular flexibility index (Phi) is 9.22. The van der Waals surface area contributed by atoms with Crippen molar-refractivity contribution < 1.29 is 9.47 Å². The van der Waals surface area contributed by atoms with Crippen LogP contribution in [0.5, 0.6) is 11.5 Å². The molecule has 0 spiro atoms. The molecular weight excluding hydrogens is 346 g/mol. The standard InChI is InChI=1S/C25H35NO2/c1(2-10-18-26-19-11-5-12-20-26)3-13-21-27-24-16-8-9-17-25(24)28-22-23-14-6-4-7-15-23/h4,6-9,14-17H,1-3,5,10-13,18-22H2. The molecule has 0 atom stereocenters. The molecule has 0 unspecified atom stereocenters. The minimum atomic E-state index is 0.568. The van der Waals surface area contributed by atoms with Gasteiger partial charge in [-0.25, -0.2) is 0 Å². The normalized spacial score (nSPS) is 14.7. The van der Waals surface area contributed by atoms with Crippen molar-refractivity contribution in [3.05, 3.63) is 60.2 Å². The van der Waals surface area contributed by atoms with Crippen molar-refractivity contribution in [1.29, 1.82) is 0 Å². The fraction of sp³-hybridized carbons (Fsp3) is 0.520. The summed E-state index contributed by atoms with van der Waals surface area (Å²) in [6, 6.07) is 18.2. The number of para-hydroxylation sites is 2. The van der Waals surface area contributed by atoms with Crippen molar-refractivity contribution in [3.8, 4) is 11.5 Å². The van der Waals surface area contributed by atoms with Gasteiger partial charge in [0.15, 0.2) is 11.5 Å². The van der Waals surface area contributed by atoms with Crippen molar-refractivity contribution in [2.45, 2.75) is 58.0 Å². The number of piperidine rings is 1. The van der Waals surface area contributed by atoms with Crippen LogP contribution >= 0.6 is 0 Å². The highest BCUT2D eigenvalue weighted by Crippen LogP contribution is 2.27. The highest BCUT2D eigenvalue weighted by molar-refractivity contribution is 5.39. The summed E-state index contributed by atoms with van der Waals surface area (Å²) in [6.07, 6.45) is 10.6. The van der Waals surface area contributed by atoms with Crippen LogP contribution in [0.3, 0.4) is 0 Å². The monoisotopic (exact) mass is 381 g/mol. The number of nitrogens with zero attached hydrogens (tertiary/aromatic N) is 1. The minimum absolute atomic E-state index is 0.568. The van der Waals surface area contributed by atoms with E-state index >= 15 is 0 Å². The molecule has 3 heteroatoms. The minimum Gasteiger partial charge on any atom is -0.490 e. The number of unbranched alkanes of at least 4 members (excludes halogenated alkanes) is 4. The first kappa shape index (κ1) is 20.7. The summed E-state index contributed by atoms with van der Waals surface area (Å²) in [5.41, 5.74) is 1.17. The van der Waals surface area contributed by atoms with E-state index in [1.807, 2.05) is 42.5 Å². The van der Waals surface area contributed by atoms with E-state index in [2.05, 4.69) is 17.0 Å². The predicted octanol–water partition coefficient (Wildman–Crippen LogP) is 6.08. The van der Waals surface area contributed by atoms with Gasteiger partial charge in [-0.05, 0) is 63.0 Å². The second kappa shape index (κ2) is 12.5. The van der Waals surface area contributed by atoms with E-state index < -0.39 is 0 Å². The third-order valence-corrected chi connectivity index (χ3v) is 5.41. The number of benzene rings is 2. The first-order chi connectivity index (χ1) is 13.9. The molecule has 0 aliphatic carbocycles. The van der Waals surface area contributed by atoms with Crippen LogP contribution in [0.25, 0.3) is 0 Å². The molecule has 1 aliphatic rings. The lowest BCUT2D eigenvalue weighted by molar-refractivity contribution is 0.223. The van der Waals surface area contributed by atoms with Crippen molar-refractivity contribution >= 4 is 0 Å². The van der Waals surface area contributed by atoms with Crippen LogP contribution in [-0.4, -0.2) is 31.1 Å². The summed E-state index contributed by atoms with van der Waals surface area (Å²) >= 11 is 0. The lowest BCUT2D eigenvalue weighted by atomic mass is 10.1. The van der Waals surface area contributed by atoms with Gasteiger partial charge in [0.2, 0.25) is 0 Å². The molecule has 0 saturated carbocycles. The number of hydrogen-bond acceptors (Lipinski definition) is 3. The Labute approximate surface area is 170 Å². The van der Waals surface area contributed by atoms with E-state index in [-0.39, 0.29) is 0 Å². The quantitative estimate of drug-likeness (QED) is 0.416. The summed E-state index contributed by atoms with van der Waals surface area (Å²) < 4.78 is 12.0. The molecule has 1 fully saturated rings. The molecule has 1 aliphatic heterocycles. The molecule has 0 bridgehead atoms. The molecule has 3 rings (SSSR count). The van der Waals surface area contributed by atoms with Crippen molar-refractivity contribution in [3.63, 3.8) is 0 Å². The second-order valence-corrected chi connectivity index (χ2v) is 7.74. The zero-order chi connectivity index (χ0) is 19.3. The summed E-state index contributed by atoms with van der Waals surface area (Å²) in [5, 5.41) is 0. The molecule has 2 aromatic rings. The first-order valence-corrected chi connectivity index (χ1v) is 11.0. The van der Waals surface area contributed by atoms with Crippen molar-refractivity contribution in [1.82, 2.24) is 4.90 Å². The van der Waals surface area contributed by atoms with Crippen LogP contribution in [0.15, 0.2) is 54.6 Å². The van der Waals surface area contributed by atoms with Crippen LogP contribution in [0.2, 0.25) is 0 Å². The van der Waals surface area contributed by atoms with Crippen LogP contribution in [0, 0.1) is 0 Å². The average molecular weight is 382 g/mol. The number of hydrogen-bond donors (Lipinski definition) is 0. The fourth-order valence-electron chi connectivity index (χ4n) is 3.76. The van der Waals surface area contributed by atoms with Crippen molar-refractivity contribution in [2.24, 2.45) is 0 Å². The van der Waals surface area contributed by atoms with Gasteiger partial charge in [0.25, 0.3) is 0 Å². The van der Waals surface area contributed by atoms with E-state index in [1.54, 1.807) is 0 Å². The highest BCUT2D eigenvalue weighted by Gasteiger charge is 2.09. The van der Waals surface area contributed by atoms with Gasteiger partial charge >= 0.3 is 0 Å². The van der Waals surface area contributed by atoms with Gasteiger partial charge in [-0.15, -0.1) is 0 Å². The molecule has 0 amide bonds. The largest absolute Gasteiger partial charge is 0.490 e. The van der Waals surface area contributed by atoms with Crippen LogP contribution in [0.1, 0.15) is 56.9 Å². The molecule has 152 valence electrons. The van der Waals surface area contributed by atoms with Crippen LogP contribution < -0.4 is 9.47 Å². The third-order valence-electron chi connectivity index (χ3n) is 5.41. The van der Waals surface area contributed by atoms with Gasteiger partial charge in [-0.2, -0.15) is 0 Å². The zero-order valence-corrected chi connectivity index (χ0v) is 17.2. The molecule has 0 radical (unpaired) electrons.